The summed E-state index contributed by atoms with van der Waals surface area (Å²) in [6.07, 6.45) is 6.78. The molecule has 0 saturated heterocycles. The van der Waals surface area contributed by atoms with Gasteiger partial charge in [0.25, 0.3) is 5.91 Å². The number of anilines is 1. The molecule has 2 aromatic carbocycles. The Morgan fingerprint density at radius 2 is 1.26 bits per heavy atom. The van der Waals surface area contributed by atoms with Crippen LogP contribution in [0.15, 0.2) is 60.8 Å². The Kier molecular flexibility index (Phi) is 18.0. The van der Waals surface area contributed by atoms with Crippen molar-refractivity contribution < 1.29 is 47.7 Å². The van der Waals surface area contributed by atoms with Gasteiger partial charge in [-0.1, -0.05) is 12.2 Å². The van der Waals surface area contributed by atoms with Crippen molar-refractivity contribution in [3.63, 3.8) is 0 Å². The number of allylic oxidation sites excluding steroid dienone is 2. The maximum absolute atomic E-state index is 14.1. The van der Waals surface area contributed by atoms with Crippen LogP contribution in [0.5, 0.6) is 11.5 Å². The number of rotatable bonds is 27. The first-order valence-corrected chi connectivity index (χ1v) is 26.3. The van der Waals surface area contributed by atoms with E-state index < -0.39 is 23.7 Å². The lowest BCUT2D eigenvalue weighted by Gasteiger charge is -2.14. The molecular weight excluding hydrogens is 1030 g/mol. The summed E-state index contributed by atoms with van der Waals surface area (Å²) in [7, 11) is 1.30. The van der Waals surface area contributed by atoms with Gasteiger partial charge < -0.3 is 44.9 Å². The number of hydrogen-bond acceptors (Lipinski definition) is 16. The molecule has 80 heavy (non-hydrogen) atoms. The van der Waals surface area contributed by atoms with Crippen molar-refractivity contribution in [2.45, 2.75) is 106 Å². The predicted octanol–water partition coefficient (Wildman–Crippen LogP) is 5.74. The average molecular weight is 1100 g/mol. The molecule has 420 valence electrons. The second-order valence-corrected chi connectivity index (χ2v) is 18.7. The summed E-state index contributed by atoms with van der Waals surface area (Å²) in [4.78, 5) is 91.4. The molecule has 0 saturated carbocycles. The predicted molar refractivity (Wildman–Crippen MR) is 295 cm³/mol. The first-order valence-electron chi connectivity index (χ1n) is 26.3. The number of aryl methyl sites for hydroxylation is 6. The highest BCUT2D eigenvalue weighted by Gasteiger charge is 2.24. The molecular formula is C55H65N15O10. The monoisotopic (exact) mass is 1100 g/mol. The SMILES string of the molecule is CCn1nc(C)cc1C(=O)Nc1nc2cc(C(N)=O)cc(OCCCOC(=O)c3cc(C)nn3CC)c2n1C/C=C/Cn1c2nc(-c3cc(C)nn3CC)ncc2c2cc(C(N)=O)cc(OCCCNC(=O)CCCC(=O)OC)c21. The van der Waals surface area contributed by atoms with Gasteiger partial charge in [0.1, 0.15) is 39.7 Å². The summed E-state index contributed by atoms with van der Waals surface area (Å²) in [6.45, 7) is 13.5. The zero-order valence-corrected chi connectivity index (χ0v) is 45.8. The molecule has 0 atom stereocenters. The number of amides is 4. The first-order chi connectivity index (χ1) is 38.5. The van der Waals surface area contributed by atoms with Crippen LogP contribution >= 0.6 is 0 Å². The van der Waals surface area contributed by atoms with Gasteiger partial charge in [-0.25, -0.2) is 19.7 Å². The smallest absolute Gasteiger partial charge is 0.356 e. The Labute approximate surface area is 459 Å². The molecule has 0 aliphatic heterocycles. The third-order valence-electron chi connectivity index (χ3n) is 13.0. The minimum Gasteiger partial charge on any atom is -0.491 e. The molecule has 0 fully saturated rings. The molecule has 25 nitrogen and oxygen atoms in total. The summed E-state index contributed by atoms with van der Waals surface area (Å²) >= 11 is 0. The topological polar surface area (TPSA) is 317 Å². The van der Waals surface area contributed by atoms with Gasteiger partial charge in [-0.15, -0.1) is 0 Å². The highest BCUT2D eigenvalue weighted by atomic mass is 16.5. The Hall–Kier alpha value is -9.42. The van der Waals surface area contributed by atoms with Crippen LogP contribution in [0.25, 0.3) is 44.5 Å². The lowest BCUT2D eigenvalue weighted by Crippen LogP contribution is -2.25. The molecule has 6 heterocycles. The number of aromatic nitrogens is 11. The molecule has 0 spiro atoms. The largest absolute Gasteiger partial charge is 0.491 e. The molecule has 6 aromatic heterocycles. The van der Waals surface area contributed by atoms with Crippen LogP contribution in [0.2, 0.25) is 0 Å². The Bertz CT molecular complexity index is 3670. The van der Waals surface area contributed by atoms with Gasteiger partial charge in [-0.3, -0.25) is 43.3 Å². The number of primary amides is 2. The second-order valence-electron chi connectivity index (χ2n) is 18.7. The van der Waals surface area contributed by atoms with E-state index in [1.54, 1.807) is 58.2 Å². The van der Waals surface area contributed by atoms with Gasteiger partial charge in [0, 0.05) is 86.6 Å². The minimum atomic E-state index is -0.731. The third-order valence-corrected chi connectivity index (χ3v) is 13.0. The number of benzene rings is 2. The van der Waals surface area contributed by atoms with Crippen molar-refractivity contribution in [1.29, 1.82) is 0 Å². The van der Waals surface area contributed by atoms with E-state index in [2.05, 4.69) is 30.7 Å². The minimum absolute atomic E-state index is 0.0198. The number of nitrogens with one attached hydrogen (secondary N) is 2. The number of imidazole rings is 1. The zero-order chi connectivity index (χ0) is 57.2. The second kappa shape index (κ2) is 25.4. The number of methoxy groups -OCH3 is 1. The Balaban J connectivity index is 1.14. The maximum Gasteiger partial charge on any atom is 0.356 e. The Morgan fingerprint density at radius 1 is 0.650 bits per heavy atom. The van der Waals surface area contributed by atoms with Crippen LogP contribution in [0.1, 0.15) is 112 Å². The normalized spacial score (nSPS) is 11.5. The van der Waals surface area contributed by atoms with Crippen molar-refractivity contribution in [1.82, 2.24) is 58.7 Å². The van der Waals surface area contributed by atoms with E-state index in [1.807, 2.05) is 55.2 Å². The molecule has 0 aliphatic rings. The summed E-state index contributed by atoms with van der Waals surface area (Å²) in [5.41, 5.74) is 17.3. The van der Waals surface area contributed by atoms with Crippen molar-refractivity contribution in [2.75, 3.05) is 38.8 Å². The van der Waals surface area contributed by atoms with E-state index in [0.29, 0.717) is 105 Å². The summed E-state index contributed by atoms with van der Waals surface area (Å²) < 4.78 is 31.7. The molecule has 0 unspecified atom stereocenters. The third kappa shape index (κ3) is 12.8. The van der Waals surface area contributed by atoms with Crippen molar-refractivity contribution in [2.24, 2.45) is 11.5 Å². The van der Waals surface area contributed by atoms with E-state index in [0.717, 1.165) is 5.69 Å². The fraction of sp³-hybridized carbons (Fsp3) is 0.382. The quantitative estimate of drug-likeness (QED) is 0.0271. The molecule has 8 rings (SSSR count). The lowest BCUT2D eigenvalue weighted by atomic mass is 10.1. The number of hydrogen-bond donors (Lipinski definition) is 4. The van der Waals surface area contributed by atoms with Crippen LogP contribution in [0, 0.1) is 20.8 Å². The summed E-state index contributed by atoms with van der Waals surface area (Å²) in [5.74, 6) is -1.90. The van der Waals surface area contributed by atoms with Crippen LogP contribution in [-0.4, -0.2) is 122 Å². The molecule has 4 amide bonds. The number of nitrogens with two attached hydrogens (primary N) is 2. The van der Waals surface area contributed by atoms with Gasteiger partial charge >= 0.3 is 11.9 Å². The van der Waals surface area contributed by atoms with E-state index in [4.69, 9.17) is 40.6 Å². The molecule has 0 radical (unpaired) electrons. The van der Waals surface area contributed by atoms with Gasteiger partial charge in [-0.2, -0.15) is 15.3 Å². The summed E-state index contributed by atoms with van der Waals surface area (Å²) in [5, 5.41) is 20.4. The van der Waals surface area contributed by atoms with Crippen molar-refractivity contribution in [3.05, 3.63) is 100 Å². The number of esters is 2. The van der Waals surface area contributed by atoms with E-state index in [-0.39, 0.29) is 93.4 Å². The van der Waals surface area contributed by atoms with Crippen LogP contribution < -0.4 is 31.6 Å². The number of ether oxygens (including phenoxy) is 4. The number of fused-ring (bicyclic) bond motifs is 4. The molecule has 0 bridgehead atoms. The van der Waals surface area contributed by atoms with Gasteiger partial charge in [-0.05, 0) is 96.8 Å². The molecule has 0 aliphatic carbocycles. The molecule has 6 N–H and O–H groups in total. The van der Waals surface area contributed by atoms with Crippen LogP contribution in [-0.2, 0) is 51.8 Å². The fourth-order valence-corrected chi connectivity index (χ4v) is 9.23. The zero-order valence-electron chi connectivity index (χ0n) is 45.8. The fourth-order valence-electron chi connectivity index (χ4n) is 9.23. The maximum atomic E-state index is 14.1. The van der Waals surface area contributed by atoms with Gasteiger partial charge in [0.15, 0.2) is 5.82 Å². The summed E-state index contributed by atoms with van der Waals surface area (Å²) in [6, 6.07) is 11.5. The number of carbonyl (C=O) groups is 6. The van der Waals surface area contributed by atoms with Crippen LogP contribution in [0.3, 0.4) is 0 Å². The van der Waals surface area contributed by atoms with Gasteiger partial charge in [0.2, 0.25) is 23.7 Å². The van der Waals surface area contributed by atoms with E-state index >= 15 is 0 Å². The molecule has 8 aromatic rings. The average Bonchev–Trinajstić information content (AvgIpc) is 4.45. The van der Waals surface area contributed by atoms with Crippen molar-refractivity contribution in [3.8, 4) is 23.0 Å². The first kappa shape index (κ1) is 56.8. The van der Waals surface area contributed by atoms with Crippen LogP contribution in [0.4, 0.5) is 5.95 Å². The lowest BCUT2D eigenvalue weighted by molar-refractivity contribution is -0.140. The highest BCUT2D eigenvalue weighted by Crippen LogP contribution is 2.37. The standard InChI is InChI=1S/C55H65N15O10/c1-8-68-40(24-32(4)63-68)51-59-31-38-37-27-35(49(56)73)29-43(78-21-14-18-58-45(71)16-13-17-46(72)77-7)47(37)66(52(38)61-51)19-11-12-20-67-48-39(60-55(67)62-53(75)41-25-33(5)64-69(41)9-2)28-36(50(57)74)30-44(48)79-22-15-23-80-54(76)42-26-34(6)65-70(42)10-3/h11-12,24-31H,8-10,13-23H2,1-7H3,(H2,56,73)(H2,57,74)(H,58,71)(H,60,62,75)/b12-11+. The number of carbonyl (C=O) groups excluding carboxylic acids is 6. The van der Waals surface area contributed by atoms with Crippen molar-refractivity contribution >= 4 is 74.5 Å². The van der Waals surface area contributed by atoms with Gasteiger partial charge in [0.05, 0.1) is 55.0 Å². The highest BCUT2D eigenvalue weighted by molar-refractivity contribution is 6.12. The van der Waals surface area contributed by atoms with E-state index in [9.17, 15) is 28.8 Å². The Morgan fingerprint density at radius 3 is 1.94 bits per heavy atom. The van der Waals surface area contributed by atoms with E-state index in [1.165, 1.54) is 19.2 Å². The number of nitrogens with zero attached hydrogens (tertiary/aromatic N) is 11. The molecule has 25 heteroatoms.